The number of anilines is 2. The van der Waals surface area contributed by atoms with E-state index in [1.54, 1.807) is 6.20 Å². The Kier molecular flexibility index (Phi) is 7.01. The van der Waals surface area contributed by atoms with Gasteiger partial charge in [-0.25, -0.2) is 9.78 Å². The summed E-state index contributed by atoms with van der Waals surface area (Å²) in [6, 6.07) is 24.0. The second-order valence-corrected chi connectivity index (χ2v) is 9.40. The molecule has 7 nitrogen and oxygen atoms in total. The SMILES string of the molecule is CCN(CC)c1ccc(C2(Nc3ccccc3-c3ccc(OC(C)C)cc3)OC(=O)c3nccnc32)cc1. The van der Waals surface area contributed by atoms with Gasteiger partial charge in [-0.2, -0.15) is 0 Å². The Balaban J connectivity index is 1.59. The summed E-state index contributed by atoms with van der Waals surface area (Å²) in [5.41, 5.74) is 3.93. The number of hydrogen-bond donors (Lipinski definition) is 1. The van der Waals surface area contributed by atoms with Crippen LogP contribution in [0, 0.1) is 0 Å². The molecule has 3 aromatic carbocycles. The molecule has 1 aliphatic heterocycles. The van der Waals surface area contributed by atoms with Crippen LogP contribution in [-0.2, 0) is 10.5 Å². The lowest BCUT2D eigenvalue weighted by atomic mass is 9.96. The topological polar surface area (TPSA) is 76.6 Å². The number of ether oxygens (including phenoxy) is 2. The predicted molar refractivity (Wildman–Crippen MR) is 149 cm³/mol. The average molecular weight is 509 g/mol. The number of hydrogen-bond acceptors (Lipinski definition) is 7. The monoisotopic (exact) mass is 508 g/mol. The van der Waals surface area contributed by atoms with Crippen molar-refractivity contribution in [1.82, 2.24) is 9.97 Å². The highest BCUT2D eigenvalue weighted by Gasteiger charge is 2.50. The molecule has 7 heteroatoms. The quantitative estimate of drug-likeness (QED) is 0.267. The zero-order chi connectivity index (χ0) is 26.7. The van der Waals surface area contributed by atoms with Crippen molar-refractivity contribution < 1.29 is 14.3 Å². The van der Waals surface area contributed by atoms with Gasteiger partial charge in [0.2, 0.25) is 0 Å². The minimum Gasteiger partial charge on any atom is -0.491 e. The average Bonchev–Trinajstić information content (AvgIpc) is 3.22. The summed E-state index contributed by atoms with van der Waals surface area (Å²) in [5.74, 6) is 0.300. The third-order valence-corrected chi connectivity index (χ3v) is 6.65. The van der Waals surface area contributed by atoms with Crippen LogP contribution < -0.4 is 15.0 Å². The molecule has 0 fully saturated rings. The number of benzene rings is 3. The summed E-state index contributed by atoms with van der Waals surface area (Å²) in [7, 11) is 0. The molecular formula is C31H32N4O3. The summed E-state index contributed by atoms with van der Waals surface area (Å²) in [5, 5.41) is 3.56. The molecule has 1 N–H and O–H groups in total. The van der Waals surface area contributed by atoms with E-state index in [4.69, 9.17) is 9.47 Å². The highest BCUT2D eigenvalue weighted by Crippen LogP contribution is 2.43. The fourth-order valence-electron chi connectivity index (χ4n) is 4.85. The van der Waals surface area contributed by atoms with Crippen LogP contribution >= 0.6 is 0 Å². The van der Waals surface area contributed by atoms with Gasteiger partial charge in [-0.1, -0.05) is 42.5 Å². The van der Waals surface area contributed by atoms with Gasteiger partial charge in [-0.3, -0.25) is 4.98 Å². The molecule has 0 saturated heterocycles. The summed E-state index contributed by atoms with van der Waals surface area (Å²) < 4.78 is 11.9. The predicted octanol–water partition coefficient (Wildman–Crippen LogP) is 6.26. The lowest BCUT2D eigenvalue weighted by Crippen LogP contribution is -2.38. The smallest absolute Gasteiger partial charge is 0.361 e. The number of carbonyl (C=O) groups excluding carboxylic acids is 1. The fourth-order valence-corrected chi connectivity index (χ4v) is 4.85. The molecule has 4 aromatic rings. The van der Waals surface area contributed by atoms with Crippen molar-refractivity contribution in [3.8, 4) is 16.9 Å². The first-order valence-corrected chi connectivity index (χ1v) is 13.0. The Morgan fingerprint density at radius 2 is 1.61 bits per heavy atom. The van der Waals surface area contributed by atoms with Crippen LogP contribution in [0.2, 0.25) is 0 Å². The van der Waals surface area contributed by atoms with E-state index in [2.05, 4.69) is 34.0 Å². The minimum absolute atomic E-state index is 0.0982. The molecule has 0 radical (unpaired) electrons. The number of fused-ring (bicyclic) bond motifs is 1. The molecule has 0 amide bonds. The molecule has 1 atom stereocenters. The van der Waals surface area contributed by atoms with Crippen LogP contribution in [0.3, 0.4) is 0 Å². The van der Waals surface area contributed by atoms with Crippen LogP contribution in [0.15, 0.2) is 85.2 Å². The lowest BCUT2D eigenvalue weighted by Gasteiger charge is -2.32. The summed E-state index contributed by atoms with van der Waals surface area (Å²) in [4.78, 5) is 24.1. The maximum Gasteiger partial charge on any atom is 0.361 e. The third kappa shape index (κ3) is 4.67. The molecule has 194 valence electrons. The standard InChI is InChI=1S/C31H32N4O3/c1-5-35(6-2)24-15-13-23(14-16-24)31(29-28(30(36)38-31)32-19-20-33-29)34-27-10-8-7-9-26(27)22-11-17-25(18-12-22)37-21(3)4/h7-21,34H,5-6H2,1-4H3. The normalized spacial score (nSPS) is 16.2. The van der Waals surface area contributed by atoms with Crippen molar-refractivity contribution in [3.63, 3.8) is 0 Å². The van der Waals surface area contributed by atoms with Crippen molar-refractivity contribution in [2.24, 2.45) is 0 Å². The number of nitrogens with one attached hydrogen (secondary N) is 1. The van der Waals surface area contributed by atoms with Gasteiger partial charge in [0.1, 0.15) is 11.4 Å². The molecule has 1 aliphatic rings. The summed E-state index contributed by atoms with van der Waals surface area (Å²) in [6.07, 6.45) is 3.19. The first kappa shape index (κ1) is 25.3. The molecule has 1 aromatic heterocycles. The van der Waals surface area contributed by atoms with Crippen LogP contribution in [0.5, 0.6) is 5.75 Å². The van der Waals surface area contributed by atoms with Crippen LogP contribution in [0.1, 0.15) is 49.4 Å². The Bertz CT molecular complexity index is 1420. The number of cyclic esters (lactones) is 1. The van der Waals surface area contributed by atoms with E-state index in [1.807, 2.05) is 86.6 Å². The van der Waals surface area contributed by atoms with Gasteiger partial charge < -0.3 is 19.7 Å². The van der Waals surface area contributed by atoms with Gasteiger partial charge in [-0.15, -0.1) is 0 Å². The molecule has 0 saturated carbocycles. The van der Waals surface area contributed by atoms with Gasteiger partial charge in [0.25, 0.3) is 5.72 Å². The second-order valence-electron chi connectivity index (χ2n) is 9.40. The van der Waals surface area contributed by atoms with Crippen LogP contribution in [0.4, 0.5) is 11.4 Å². The van der Waals surface area contributed by atoms with Crippen LogP contribution in [-0.4, -0.2) is 35.1 Å². The number of para-hydroxylation sites is 1. The van der Waals surface area contributed by atoms with E-state index in [0.29, 0.717) is 5.69 Å². The molecule has 0 spiro atoms. The van der Waals surface area contributed by atoms with Gasteiger partial charge in [0, 0.05) is 48.0 Å². The van der Waals surface area contributed by atoms with E-state index in [9.17, 15) is 4.79 Å². The Morgan fingerprint density at radius 3 is 2.29 bits per heavy atom. The molecule has 38 heavy (non-hydrogen) atoms. The van der Waals surface area contributed by atoms with E-state index in [0.717, 1.165) is 46.9 Å². The van der Waals surface area contributed by atoms with Gasteiger partial charge in [0.15, 0.2) is 5.69 Å². The highest BCUT2D eigenvalue weighted by atomic mass is 16.6. The zero-order valence-corrected chi connectivity index (χ0v) is 22.1. The molecule has 5 rings (SSSR count). The zero-order valence-electron chi connectivity index (χ0n) is 22.1. The number of nitrogens with zero attached hydrogens (tertiary/aromatic N) is 3. The highest BCUT2D eigenvalue weighted by molar-refractivity contribution is 5.93. The molecular weight excluding hydrogens is 476 g/mol. The summed E-state index contributed by atoms with van der Waals surface area (Å²) in [6.45, 7) is 10.1. The fraction of sp³-hybridized carbons (Fsp3) is 0.258. The Hall–Kier alpha value is -4.39. The van der Waals surface area contributed by atoms with Gasteiger partial charge in [-0.05, 0) is 63.6 Å². The number of carbonyl (C=O) groups is 1. The van der Waals surface area contributed by atoms with Crippen molar-refractivity contribution in [3.05, 3.63) is 102 Å². The van der Waals surface area contributed by atoms with Crippen molar-refractivity contribution in [1.29, 1.82) is 0 Å². The van der Waals surface area contributed by atoms with Gasteiger partial charge in [0.05, 0.1) is 6.10 Å². The number of esters is 1. The van der Waals surface area contributed by atoms with E-state index in [-0.39, 0.29) is 11.8 Å². The maximum absolute atomic E-state index is 13.0. The minimum atomic E-state index is -1.33. The Labute approximate surface area is 223 Å². The maximum atomic E-state index is 13.0. The van der Waals surface area contributed by atoms with Gasteiger partial charge >= 0.3 is 5.97 Å². The molecule has 2 heterocycles. The van der Waals surface area contributed by atoms with Crippen LogP contribution in [0.25, 0.3) is 11.1 Å². The largest absolute Gasteiger partial charge is 0.491 e. The van der Waals surface area contributed by atoms with E-state index in [1.165, 1.54) is 6.20 Å². The van der Waals surface area contributed by atoms with E-state index < -0.39 is 11.7 Å². The number of aromatic nitrogens is 2. The first-order valence-electron chi connectivity index (χ1n) is 13.0. The molecule has 0 aliphatic carbocycles. The lowest BCUT2D eigenvalue weighted by molar-refractivity contribution is 0.0201. The van der Waals surface area contributed by atoms with Crippen molar-refractivity contribution in [2.45, 2.75) is 39.5 Å². The summed E-state index contributed by atoms with van der Waals surface area (Å²) >= 11 is 0. The molecule has 1 unspecified atom stereocenters. The third-order valence-electron chi connectivity index (χ3n) is 6.65. The Morgan fingerprint density at radius 1 is 0.921 bits per heavy atom. The number of rotatable bonds is 9. The van der Waals surface area contributed by atoms with Crippen molar-refractivity contribution in [2.75, 3.05) is 23.3 Å². The van der Waals surface area contributed by atoms with E-state index >= 15 is 0 Å². The molecule has 0 bridgehead atoms. The second kappa shape index (κ2) is 10.5. The first-order chi connectivity index (χ1) is 18.4. The van der Waals surface area contributed by atoms with Crippen molar-refractivity contribution >= 4 is 17.3 Å².